The Kier molecular flexibility index (Phi) is 3.32. The van der Waals surface area contributed by atoms with Gasteiger partial charge in [-0.1, -0.05) is 29.8 Å². The molecule has 0 unspecified atom stereocenters. The zero-order valence-electron chi connectivity index (χ0n) is 12.3. The van der Waals surface area contributed by atoms with Gasteiger partial charge in [-0.2, -0.15) is 4.98 Å². The fourth-order valence-electron chi connectivity index (χ4n) is 2.40. The van der Waals surface area contributed by atoms with Gasteiger partial charge in [-0.25, -0.2) is 9.78 Å². The average Bonchev–Trinajstić information content (AvgIpc) is 3.02. The fraction of sp³-hybridized carbons (Fsp3) is 0. The lowest BCUT2D eigenvalue weighted by atomic mass is 10.2. The van der Waals surface area contributed by atoms with Crippen molar-refractivity contribution in [3.05, 3.63) is 70.2 Å². The molecule has 0 saturated carbocycles. The molecule has 0 aliphatic rings. The molecule has 0 saturated heterocycles. The summed E-state index contributed by atoms with van der Waals surface area (Å²) in [7, 11) is 0. The molecule has 4 rings (SSSR count). The van der Waals surface area contributed by atoms with E-state index in [0.717, 1.165) is 5.56 Å². The lowest BCUT2D eigenvalue weighted by Crippen LogP contribution is -2.22. The van der Waals surface area contributed by atoms with Crippen molar-refractivity contribution in [3.63, 3.8) is 0 Å². The van der Waals surface area contributed by atoms with Crippen LogP contribution in [-0.4, -0.2) is 14.5 Å². The number of nitrogens with zero attached hydrogens (tertiary/aromatic N) is 3. The molecule has 4 aromatic rings. The molecule has 0 bridgehead atoms. The molecule has 0 spiro atoms. The SMILES string of the molecule is Nc1nc(=O)n(-c2ccc3nc(-c4ccccc4)oc3c2)cc1Cl. The van der Waals surface area contributed by atoms with Gasteiger partial charge in [-0.05, 0) is 24.3 Å². The molecule has 0 aliphatic carbocycles. The van der Waals surface area contributed by atoms with Crippen LogP contribution < -0.4 is 11.4 Å². The van der Waals surface area contributed by atoms with E-state index in [1.54, 1.807) is 18.2 Å². The molecule has 2 aromatic carbocycles. The van der Waals surface area contributed by atoms with Crippen molar-refractivity contribution >= 4 is 28.5 Å². The van der Waals surface area contributed by atoms with Gasteiger partial charge in [0.1, 0.15) is 11.3 Å². The van der Waals surface area contributed by atoms with Crippen molar-refractivity contribution in [2.24, 2.45) is 0 Å². The summed E-state index contributed by atoms with van der Waals surface area (Å²) in [5, 5.41) is 0.206. The molecule has 0 atom stereocenters. The number of rotatable bonds is 2. The number of oxazole rings is 1. The number of hydrogen-bond donors (Lipinski definition) is 1. The average molecular weight is 339 g/mol. The van der Waals surface area contributed by atoms with Crippen molar-refractivity contribution in [3.8, 4) is 17.1 Å². The van der Waals surface area contributed by atoms with E-state index in [0.29, 0.717) is 22.7 Å². The Morgan fingerprint density at radius 2 is 1.88 bits per heavy atom. The number of nitrogens with two attached hydrogens (primary N) is 1. The van der Waals surface area contributed by atoms with Crippen molar-refractivity contribution in [1.82, 2.24) is 14.5 Å². The highest BCUT2D eigenvalue weighted by atomic mass is 35.5. The van der Waals surface area contributed by atoms with Gasteiger partial charge in [-0.15, -0.1) is 0 Å². The third-order valence-corrected chi connectivity index (χ3v) is 3.87. The van der Waals surface area contributed by atoms with Gasteiger partial charge in [0.15, 0.2) is 5.58 Å². The Morgan fingerprint density at radius 3 is 2.67 bits per heavy atom. The molecule has 0 aliphatic heterocycles. The standard InChI is InChI=1S/C17H11ClN4O2/c18-12-9-22(17(23)21-15(12)19)11-6-7-13-14(8-11)24-16(20-13)10-4-2-1-3-5-10/h1-9H,(H2,19,21,23). The van der Waals surface area contributed by atoms with E-state index in [9.17, 15) is 4.79 Å². The monoisotopic (exact) mass is 338 g/mol. The van der Waals surface area contributed by atoms with Crippen molar-refractivity contribution in [1.29, 1.82) is 0 Å². The van der Waals surface area contributed by atoms with Gasteiger partial charge in [0.25, 0.3) is 0 Å². The van der Waals surface area contributed by atoms with Crippen LogP contribution in [0.5, 0.6) is 0 Å². The Hall–Kier alpha value is -3.12. The van der Waals surface area contributed by atoms with Gasteiger partial charge in [0.2, 0.25) is 5.89 Å². The second-order valence-corrected chi connectivity index (χ2v) is 5.57. The minimum Gasteiger partial charge on any atom is -0.436 e. The summed E-state index contributed by atoms with van der Waals surface area (Å²) in [5.41, 5.74) is 7.73. The first-order chi connectivity index (χ1) is 11.6. The largest absolute Gasteiger partial charge is 0.436 e. The van der Waals surface area contributed by atoms with Crippen LogP contribution >= 0.6 is 11.6 Å². The van der Waals surface area contributed by atoms with Crippen LogP contribution in [0.2, 0.25) is 5.02 Å². The maximum atomic E-state index is 12.0. The van der Waals surface area contributed by atoms with Crippen LogP contribution in [0.25, 0.3) is 28.2 Å². The Morgan fingerprint density at radius 1 is 1.08 bits per heavy atom. The van der Waals surface area contributed by atoms with E-state index in [2.05, 4.69) is 9.97 Å². The number of halogens is 1. The second-order valence-electron chi connectivity index (χ2n) is 5.16. The molecule has 118 valence electrons. The first-order valence-corrected chi connectivity index (χ1v) is 7.51. The predicted molar refractivity (Wildman–Crippen MR) is 92.3 cm³/mol. The zero-order chi connectivity index (χ0) is 16.7. The first-order valence-electron chi connectivity index (χ1n) is 7.13. The molecule has 2 N–H and O–H groups in total. The zero-order valence-corrected chi connectivity index (χ0v) is 13.1. The summed E-state index contributed by atoms with van der Waals surface area (Å²) in [6, 6.07) is 14.8. The number of fused-ring (bicyclic) bond motifs is 1. The predicted octanol–water partition coefficient (Wildman–Crippen LogP) is 3.28. The highest BCUT2D eigenvalue weighted by molar-refractivity contribution is 6.32. The minimum absolute atomic E-state index is 0.00465. The normalized spacial score (nSPS) is 11.0. The molecule has 24 heavy (non-hydrogen) atoms. The molecule has 2 aromatic heterocycles. The highest BCUT2D eigenvalue weighted by Gasteiger charge is 2.11. The van der Waals surface area contributed by atoms with Crippen LogP contribution in [-0.2, 0) is 0 Å². The van der Waals surface area contributed by atoms with Crippen LogP contribution in [0.1, 0.15) is 0 Å². The fourth-order valence-corrected chi connectivity index (χ4v) is 2.54. The van der Waals surface area contributed by atoms with E-state index < -0.39 is 5.69 Å². The summed E-state index contributed by atoms with van der Waals surface area (Å²) in [4.78, 5) is 20.2. The highest BCUT2D eigenvalue weighted by Crippen LogP contribution is 2.26. The quantitative estimate of drug-likeness (QED) is 0.606. The van der Waals surface area contributed by atoms with Crippen LogP contribution in [0.4, 0.5) is 5.82 Å². The van der Waals surface area contributed by atoms with Crippen molar-refractivity contribution in [2.75, 3.05) is 5.73 Å². The molecular weight excluding hydrogens is 328 g/mol. The van der Waals surface area contributed by atoms with Gasteiger partial charge >= 0.3 is 5.69 Å². The molecular formula is C17H11ClN4O2. The maximum absolute atomic E-state index is 12.0. The third kappa shape index (κ3) is 2.43. The van der Waals surface area contributed by atoms with Gasteiger partial charge in [-0.3, -0.25) is 4.57 Å². The van der Waals surface area contributed by atoms with E-state index in [1.807, 2.05) is 30.3 Å². The van der Waals surface area contributed by atoms with Crippen LogP contribution in [0, 0.1) is 0 Å². The Labute approximate surface area is 141 Å². The Balaban J connectivity index is 1.85. The lowest BCUT2D eigenvalue weighted by molar-refractivity contribution is 0.619. The molecule has 7 heteroatoms. The molecule has 0 fully saturated rings. The third-order valence-electron chi connectivity index (χ3n) is 3.58. The second kappa shape index (κ2) is 5.50. The smallest absolute Gasteiger partial charge is 0.354 e. The summed E-state index contributed by atoms with van der Waals surface area (Å²) >= 11 is 5.96. The van der Waals surface area contributed by atoms with Crippen molar-refractivity contribution in [2.45, 2.75) is 0 Å². The van der Waals surface area contributed by atoms with E-state index in [4.69, 9.17) is 21.8 Å². The first kappa shape index (κ1) is 14.5. The lowest BCUT2D eigenvalue weighted by Gasteiger charge is -2.05. The number of anilines is 1. The molecule has 0 radical (unpaired) electrons. The number of nitrogen functional groups attached to an aromatic ring is 1. The van der Waals surface area contributed by atoms with Crippen LogP contribution in [0.3, 0.4) is 0 Å². The Bertz CT molecular complexity index is 1100. The number of aromatic nitrogens is 3. The molecule has 6 nitrogen and oxygen atoms in total. The van der Waals surface area contributed by atoms with Crippen LogP contribution in [0.15, 0.2) is 63.9 Å². The molecule has 0 amide bonds. The van der Waals surface area contributed by atoms with Crippen molar-refractivity contribution < 1.29 is 4.42 Å². The topological polar surface area (TPSA) is 86.9 Å². The van der Waals surface area contributed by atoms with Gasteiger partial charge in [0, 0.05) is 17.8 Å². The summed E-state index contributed by atoms with van der Waals surface area (Å²) in [5.74, 6) is 0.522. The van der Waals surface area contributed by atoms with E-state index in [-0.39, 0.29) is 10.8 Å². The van der Waals surface area contributed by atoms with E-state index >= 15 is 0 Å². The number of hydrogen-bond acceptors (Lipinski definition) is 5. The van der Waals surface area contributed by atoms with Gasteiger partial charge < -0.3 is 10.2 Å². The summed E-state index contributed by atoms with van der Waals surface area (Å²) in [6.07, 6.45) is 1.43. The van der Waals surface area contributed by atoms with E-state index in [1.165, 1.54) is 10.8 Å². The maximum Gasteiger partial charge on any atom is 0.354 e. The summed E-state index contributed by atoms with van der Waals surface area (Å²) in [6.45, 7) is 0. The summed E-state index contributed by atoms with van der Waals surface area (Å²) < 4.78 is 7.11. The van der Waals surface area contributed by atoms with Gasteiger partial charge in [0.05, 0.1) is 10.7 Å². The minimum atomic E-state index is -0.515. The number of benzene rings is 2. The molecule has 2 heterocycles.